The largest absolute Gasteiger partial charge is 0.459 e. The maximum absolute atomic E-state index is 12.7. The van der Waals surface area contributed by atoms with E-state index < -0.39 is 18.2 Å². The second-order valence-corrected chi connectivity index (χ2v) is 4.10. The predicted molar refractivity (Wildman–Crippen MR) is 61.2 cm³/mol. The average Bonchev–Trinajstić information content (AvgIpc) is 2.16. The summed E-state index contributed by atoms with van der Waals surface area (Å²) in [7, 11) is 0. The van der Waals surface area contributed by atoms with Crippen LogP contribution in [0.4, 0.5) is 4.39 Å². The third-order valence-electron chi connectivity index (χ3n) is 2.22. The van der Waals surface area contributed by atoms with Gasteiger partial charge in [-0.1, -0.05) is 17.7 Å². The van der Waals surface area contributed by atoms with Crippen LogP contribution < -0.4 is 0 Å². The summed E-state index contributed by atoms with van der Waals surface area (Å²) < 4.78 is 17.8. The van der Waals surface area contributed by atoms with Crippen molar-refractivity contribution in [1.29, 1.82) is 0 Å². The molecule has 0 spiro atoms. The highest BCUT2D eigenvalue weighted by Gasteiger charge is 2.14. The molecule has 3 heteroatoms. The summed E-state index contributed by atoms with van der Waals surface area (Å²) in [5.74, 6) is -0.392. The molecule has 0 bridgehead atoms. The molecule has 0 aromatic heterocycles. The van der Waals surface area contributed by atoms with Gasteiger partial charge in [0.1, 0.15) is 12.3 Å². The van der Waals surface area contributed by atoms with Crippen LogP contribution in [-0.2, 0) is 4.74 Å². The Balaban J connectivity index is 2.59. The molecule has 0 amide bonds. The SMILES string of the molecule is Cc1cccc(C(=O)O[C@H](C)C[C@H](C)F)c1. The molecule has 2 nitrogen and oxygen atoms in total. The molecule has 0 unspecified atom stereocenters. The van der Waals surface area contributed by atoms with E-state index in [2.05, 4.69) is 0 Å². The van der Waals surface area contributed by atoms with Gasteiger partial charge in [-0.3, -0.25) is 0 Å². The van der Waals surface area contributed by atoms with Crippen LogP contribution in [0.25, 0.3) is 0 Å². The quantitative estimate of drug-likeness (QED) is 0.733. The second-order valence-electron chi connectivity index (χ2n) is 4.10. The van der Waals surface area contributed by atoms with Crippen LogP contribution >= 0.6 is 0 Å². The van der Waals surface area contributed by atoms with E-state index in [1.54, 1.807) is 25.1 Å². The molecule has 16 heavy (non-hydrogen) atoms. The van der Waals surface area contributed by atoms with E-state index in [0.717, 1.165) is 5.56 Å². The zero-order valence-electron chi connectivity index (χ0n) is 9.87. The number of carbonyl (C=O) groups excluding carboxylic acids is 1. The second kappa shape index (κ2) is 5.64. The van der Waals surface area contributed by atoms with Gasteiger partial charge >= 0.3 is 5.97 Å². The number of aryl methyl sites for hydroxylation is 1. The number of rotatable bonds is 4. The van der Waals surface area contributed by atoms with Crippen LogP contribution in [-0.4, -0.2) is 18.2 Å². The first-order valence-corrected chi connectivity index (χ1v) is 5.40. The zero-order chi connectivity index (χ0) is 12.1. The third-order valence-corrected chi connectivity index (χ3v) is 2.22. The molecule has 1 rings (SSSR count). The monoisotopic (exact) mass is 224 g/mol. The Morgan fingerprint density at radius 3 is 2.69 bits per heavy atom. The summed E-state index contributed by atoms with van der Waals surface area (Å²) in [5.41, 5.74) is 1.51. The van der Waals surface area contributed by atoms with E-state index in [4.69, 9.17) is 4.74 Å². The average molecular weight is 224 g/mol. The Bertz CT molecular complexity index is 361. The van der Waals surface area contributed by atoms with Gasteiger partial charge in [-0.05, 0) is 32.9 Å². The molecule has 0 aliphatic rings. The summed E-state index contributed by atoms with van der Waals surface area (Å²) in [5, 5.41) is 0. The lowest BCUT2D eigenvalue weighted by Crippen LogP contribution is -2.18. The minimum atomic E-state index is -0.958. The number of alkyl halides is 1. The molecule has 0 fully saturated rings. The minimum absolute atomic E-state index is 0.234. The number of hydrogen-bond donors (Lipinski definition) is 0. The van der Waals surface area contributed by atoms with E-state index >= 15 is 0 Å². The van der Waals surface area contributed by atoms with E-state index in [0.29, 0.717) is 5.56 Å². The Morgan fingerprint density at radius 2 is 2.12 bits per heavy atom. The Morgan fingerprint density at radius 1 is 1.44 bits per heavy atom. The fraction of sp³-hybridized carbons (Fsp3) is 0.462. The minimum Gasteiger partial charge on any atom is -0.459 e. The van der Waals surface area contributed by atoms with Crippen LogP contribution in [0.3, 0.4) is 0 Å². The van der Waals surface area contributed by atoms with E-state index in [9.17, 15) is 9.18 Å². The molecule has 1 aromatic rings. The van der Waals surface area contributed by atoms with Crippen LogP contribution in [0.1, 0.15) is 36.2 Å². The molecule has 0 N–H and O–H groups in total. The summed E-state index contributed by atoms with van der Waals surface area (Å²) >= 11 is 0. The van der Waals surface area contributed by atoms with Crippen LogP contribution in [0, 0.1) is 6.92 Å². The van der Waals surface area contributed by atoms with Crippen molar-refractivity contribution < 1.29 is 13.9 Å². The Hall–Kier alpha value is -1.38. The summed E-state index contributed by atoms with van der Waals surface area (Å²) in [6.07, 6.45) is -1.12. The van der Waals surface area contributed by atoms with Gasteiger partial charge in [0.25, 0.3) is 0 Å². The lowest BCUT2D eigenvalue weighted by atomic mass is 10.1. The first kappa shape index (κ1) is 12.7. The topological polar surface area (TPSA) is 26.3 Å². The van der Waals surface area contributed by atoms with Crippen molar-refractivity contribution >= 4 is 5.97 Å². The molecular weight excluding hydrogens is 207 g/mol. The van der Waals surface area contributed by atoms with Gasteiger partial charge in [-0.25, -0.2) is 9.18 Å². The highest BCUT2D eigenvalue weighted by Crippen LogP contribution is 2.10. The molecule has 0 saturated carbocycles. The maximum atomic E-state index is 12.7. The predicted octanol–water partition coefficient (Wildman–Crippen LogP) is 3.29. The third kappa shape index (κ3) is 4.01. The molecule has 0 aliphatic heterocycles. The first-order chi connectivity index (χ1) is 7.49. The van der Waals surface area contributed by atoms with E-state index in [-0.39, 0.29) is 6.42 Å². The molecule has 88 valence electrons. The van der Waals surface area contributed by atoms with Gasteiger partial charge in [0, 0.05) is 6.42 Å². The zero-order valence-corrected chi connectivity index (χ0v) is 9.87. The number of ether oxygens (including phenoxy) is 1. The molecule has 2 atom stereocenters. The first-order valence-electron chi connectivity index (χ1n) is 5.40. The lowest BCUT2D eigenvalue weighted by Gasteiger charge is -2.13. The van der Waals surface area contributed by atoms with Crippen molar-refractivity contribution in [2.24, 2.45) is 0 Å². The van der Waals surface area contributed by atoms with E-state index in [1.807, 2.05) is 13.0 Å². The fourth-order valence-electron chi connectivity index (χ4n) is 1.53. The number of halogens is 1. The Kier molecular flexibility index (Phi) is 4.47. The van der Waals surface area contributed by atoms with Crippen molar-refractivity contribution in [2.75, 3.05) is 0 Å². The molecular formula is C13H17FO2. The summed E-state index contributed by atoms with van der Waals surface area (Å²) in [6, 6.07) is 7.16. The van der Waals surface area contributed by atoms with Gasteiger partial charge < -0.3 is 4.74 Å². The summed E-state index contributed by atoms with van der Waals surface area (Å²) in [6.45, 7) is 5.06. The van der Waals surface area contributed by atoms with Gasteiger partial charge in [-0.2, -0.15) is 0 Å². The number of benzene rings is 1. The van der Waals surface area contributed by atoms with Crippen molar-refractivity contribution in [2.45, 2.75) is 39.5 Å². The molecule has 1 aromatic carbocycles. The van der Waals surface area contributed by atoms with Crippen LogP contribution in [0.5, 0.6) is 0 Å². The number of esters is 1. The van der Waals surface area contributed by atoms with Crippen molar-refractivity contribution in [3.63, 3.8) is 0 Å². The highest BCUT2D eigenvalue weighted by atomic mass is 19.1. The molecule has 0 radical (unpaired) electrons. The number of carbonyl (C=O) groups is 1. The molecule has 0 heterocycles. The number of hydrogen-bond acceptors (Lipinski definition) is 2. The maximum Gasteiger partial charge on any atom is 0.338 e. The molecule has 0 aliphatic carbocycles. The van der Waals surface area contributed by atoms with Crippen LogP contribution in [0.2, 0.25) is 0 Å². The Labute approximate surface area is 95.4 Å². The highest BCUT2D eigenvalue weighted by molar-refractivity contribution is 5.89. The van der Waals surface area contributed by atoms with Gasteiger partial charge in [0.05, 0.1) is 5.56 Å². The van der Waals surface area contributed by atoms with Gasteiger partial charge in [0.15, 0.2) is 0 Å². The van der Waals surface area contributed by atoms with Crippen molar-refractivity contribution in [3.05, 3.63) is 35.4 Å². The van der Waals surface area contributed by atoms with Crippen molar-refractivity contribution in [3.8, 4) is 0 Å². The van der Waals surface area contributed by atoms with Crippen molar-refractivity contribution in [1.82, 2.24) is 0 Å². The van der Waals surface area contributed by atoms with E-state index in [1.165, 1.54) is 6.92 Å². The smallest absolute Gasteiger partial charge is 0.338 e. The van der Waals surface area contributed by atoms with Gasteiger partial charge in [-0.15, -0.1) is 0 Å². The van der Waals surface area contributed by atoms with Gasteiger partial charge in [0.2, 0.25) is 0 Å². The fourth-order valence-corrected chi connectivity index (χ4v) is 1.53. The summed E-state index contributed by atoms with van der Waals surface area (Å²) in [4.78, 5) is 11.6. The standard InChI is InChI=1S/C13H17FO2/c1-9-5-4-6-12(7-9)13(15)16-11(3)8-10(2)14/h4-7,10-11H,8H2,1-3H3/t10-,11+/m0/s1. The normalized spacial score (nSPS) is 14.2. The molecule has 0 saturated heterocycles. The lowest BCUT2D eigenvalue weighted by molar-refractivity contribution is 0.0280. The van der Waals surface area contributed by atoms with Crippen LogP contribution in [0.15, 0.2) is 24.3 Å².